The minimum atomic E-state index is -4.67. The van der Waals surface area contributed by atoms with E-state index >= 15 is 0 Å². The van der Waals surface area contributed by atoms with Gasteiger partial charge in [0, 0.05) is 33.5 Å². The minimum Gasteiger partial charge on any atom is -0.473 e. The van der Waals surface area contributed by atoms with Crippen molar-refractivity contribution < 1.29 is 27.6 Å². The number of ether oxygens (including phenoxy) is 2. The predicted molar refractivity (Wildman–Crippen MR) is 136 cm³/mol. The number of nitro groups is 1. The quantitative estimate of drug-likeness (QED) is 0.0666. The second-order valence-electron chi connectivity index (χ2n) is 9.24. The number of halogens is 5. The van der Waals surface area contributed by atoms with E-state index in [4.69, 9.17) is 32.7 Å². The van der Waals surface area contributed by atoms with Gasteiger partial charge in [-0.05, 0) is 30.1 Å². The van der Waals surface area contributed by atoms with E-state index < -0.39 is 24.7 Å². The fourth-order valence-corrected chi connectivity index (χ4v) is 4.31. The molecule has 0 radical (unpaired) electrons. The Kier molecular flexibility index (Phi) is 9.21. The first-order chi connectivity index (χ1) is 17.3. The third-order valence-corrected chi connectivity index (χ3v) is 7.16. The first kappa shape index (κ1) is 28.9. The van der Waals surface area contributed by atoms with Crippen LogP contribution in [0.2, 0.25) is 36.1 Å². The first-order valence-electron chi connectivity index (χ1n) is 11.1. The van der Waals surface area contributed by atoms with Gasteiger partial charge in [0.05, 0.1) is 22.5 Å². The van der Waals surface area contributed by atoms with Crippen molar-refractivity contribution in [2.24, 2.45) is 0 Å². The highest BCUT2D eigenvalue weighted by atomic mass is 35.5. The zero-order valence-corrected chi connectivity index (χ0v) is 22.7. The summed E-state index contributed by atoms with van der Waals surface area (Å²) in [6, 6.07) is 3.29. The molecule has 0 saturated heterocycles. The predicted octanol–water partition coefficient (Wildman–Crippen LogP) is 6.25. The van der Waals surface area contributed by atoms with Crippen LogP contribution in [0.3, 0.4) is 0 Å². The maximum absolute atomic E-state index is 13.9. The summed E-state index contributed by atoms with van der Waals surface area (Å²) in [5.74, 6) is -0.356. The maximum Gasteiger partial charge on any atom is 0.418 e. The fourth-order valence-electron chi connectivity index (χ4n) is 3.25. The van der Waals surface area contributed by atoms with E-state index in [1.807, 2.05) is 0 Å². The fraction of sp³-hybridized carbons (Fsp3) is 0.476. The Morgan fingerprint density at radius 2 is 1.89 bits per heavy atom. The third kappa shape index (κ3) is 7.90. The van der Waals surface area contributed by atoms with Crippen LogP contribution in [-0.4, -0.2) is 52.3 Å². The summed E-state index contributed by atoms with van der Waals surface area (Å²) in [6.07, 6.45) is -3.49. The summed E-state index contributed by atoms with van der Waals surface area (Å²) in [7, 11) is -1.37. The smallest absolute Gasteiger partial charge is 0.418 e. The lowest BCUT2D eigenvalue weighted by Crippen LogP contribution is -2.22. The van der Waals surface area contributed by atoms with Crippen molar-refractivity contribution in [1.29, 1.82) is 0 Å². The normalized spacial score (nSPS) is 12.2. The molecule has 0 aliphatic carbocycles. The van der Waals surface area contributed by atoms with Crippen LogP contribution in [0.1, 0.15) is 12.0 Å². The highest BCUT2D eigenvalue weighted by Gasteiger charge is 2.37. The molecule has 0 atom stereocenters. The number of anilines is 1. The highest BCUT2D eigenvalue weighted by Crippen LogP contribution is 2.39. The molecule has 1 N–H and O–H groups in total. The zero-order chi connectivity index (χ0) is 27.4. The molecule has 0 unspecified atom stereocenters. The van der Waals surface area contributed by atoms with Crippen LogP contribution in [0.15, 0.2) is 18.3 Å². The van der Waals surface area contributed by atoms with Crippen molar-refractivity contribution in [2.75, 3.05) is 25.1 Å². The summed E-state index contributed by atoms with van der Waals surface area (Å²) in [6.45, 7) is 6.90. The van der Waals surface area contributed by atoms with Gasteiger partial charge < -0.3 is 19.4 Å². The van der Waals surface area contributed by atoms with Gasteiger partial charge in [-0.15, -0.1) is 0 Å². The molecule has 0 aromatic carbocycles. The molecule has 10 nitrogen and oxygen atoms in total. The Hall–Kier alpha value is -2.68. The van der Waals surface area contributed by atoms with Gasteiger partial charge in [0.1, 0.15) is 23.3 Å². The Morgan fingerprint density at radius 1 is 1.16 bits per heavy atom. The standard InChI is InChI=1S/C21H25Cl2F3N6O4Si/c1-37(2,3)10-9-35-12-31-11-13(21(24,25)26)16-17(29-20(23)30-18(16)31)27-7-4-8-36-19-14(32(33)34)5-6-15(22)28-19/h5-6,11H,4,7-10,12H2,1-3H3,(H,27,29,30). The third-order valence-electron chi connectivity index (χ3n) is 5.08. The van der Waals surface area contributed by atoms with E-state index in [1.165, 1.54) is 16.7 Å². The van der Waals surface area contributed by atoms with E-state index in [9.17, 15) is 23.3 Å². The SMILES string of the molecule is C[Si](C)(C)CCOCn1cc(C(F)(F)F)c2c(NCCCOc3nc(Cl)ccc3[N+](=O)[O-])nc(Cl)nc21. The summed E-state index contributed by atoms with van der Waals surface area (Å²) >= 11 is 11.8. The molecular weight excluding hydrogens is 556 g/mol. The number of fused-ring (bicyclic) bond motifs is 1. The van der Waals surface area contributed by atoms with Crippen LogP contribution in [0, 0.1) is 10.1 Å². The van der Waals surface area contributed by atoms with Crippen molar-refractivity contribution in [3.63, 3.8) is 0 Å². The lowest BCUT2D eigenvalue weighted by atomic mass is 10.2. The number of rotatable bonds is 12. The van der Waals surface area contributed by atoms with Crippen molar-refractivity contribution >= 4 is 53.8 Å². The molecule has 202 valence electrons. The molecular formula is C21H25Cl2F3N6O4Si. The van der Waals surface area contributed by atoms with Gasteiger partial charge in [-0.1, -0.05) is 31.2 Å². The molecule has 3 heterocycles. The molecule has 37 heavy (non-hydrogen) atoms. The van der Waals surface area contributed by atoms with Crippen LogP contribution in [0.4, 0.5) is 24.7 Å². The molecule has 0 fully saturated rings. The van der Waals surface area contributed by atoms with Gasteiger partial charge in [0.25, 0.3) is 5.88 Å². The molecule has 3 aromatic rings. The Balaban J connectivity index is 1.74. The monoisotopic (exact) mass is 580 g/mol. The molecule has 0 bridgehead atoms. The van der Waals surface area contributed by atoms with Crippen molar-refractivity contribution in [1.82, 2.24) is 19.5 Å². The van der Waals surface area contributed by atoms with Crippen LogP contribution in [0.25, 0.3) is 11.0 Å². The van der Waals surface area contributed by atoms with Crippen molar-refractivity contribution in [3.05, 3.63) is 44.4 Å². The van der Waals surface area contributed by atoms with Crippen molar-refractivity contribution in [2.45, 2.75) is 45.0 Å². The Bertz CT molecular complexity index is 1270. The number of nitrogens with one attached hydrogen (secondary N) is 1. The Labute approximate surface area is 221 Å². The summed E-state index contributed by atoms with van der Waals surface area (Å²) in [5, 5.41) is 13.5. The summed E-state index contributed by atoms with van der Waals surface area (Å²) in [4.78, 5) is 22.2. The van der Waals surface area contributed by atoms with Crippen LogP contribution < -0.4 is 10.1 Å². The molecule has 16 heteroatoms. The molecule has 3 aromatic heterocycles. The Morgan fingerprint density at radius 3 is 2.54 bits per heavy atom. The number of hydrogen-bond acceptors (Lipinski definition) is 8. The van der Waals surface area contributed by atoms with E-state index in [2.05, 4.69) is 39.9 Å². The van der Waals surface area contributed by atoms with Gasteiger partial charge >= 0.3 is 11.9 Å². The number of nitrogens with zero attached hydrogens (tertiary/aromatic N) is 5. The van der Waals surface area contributed by atoms with Crippen LogP contribution in [0.5, 0.6) is 5.88 Å². The maximum atomic E-state index is 13.9. The average molecular weight is 581 g/mol. The van der Waals surface area contributed by atoms with E-state index in [1.54, 1.807) is 0 Å². The van der Waals surface area contributed by atoms with Crippen LogP contribution >= 0.6 is 23.2 Å². The van der Waals surface area contributed by atoms with E-state index in [0.717, 1.165) is 12.2 Å². The number of aromatic nitrogens is 4. The summed E-state index contributed by atoms with van der Waals surface area (Å²) in [5.41, 5.74) is -1.30. The van der Waals surface area contributed by atoms with Crippen LogP contribution in [-0.2, 0) is 17.6 Å². The number of alkyl halides is 3. The van der Waals surface area contributed by atoms with Gasteiger partial charge in [-0.25, -0.2) is 4.98 Å². The summed E-state index contributed by atoms with van der Waals surface area (Å²) < 4.78 is 53.8. The molecule has 3 rings (SSSR count). The number of hydrogen-bond donors (Lipinski definition) is 1. The van der Waals surface area contributed by atoms with E-state index in [-0.39, 0.29) is 65.2 Å². The topological polar surface area (TPSA) is 117 Å². The van der Waals surface area contributed by atoms with Gasteiger partial charge in [0.15, 0.2) is 0 Å². The van der Waals surface area contributed by atoms with Gasteiger partial charge in [0.2, 0.25) is 5.28 Å². The largest absolute Gasteiger partial charge is 0.473 e. The second kappa shape index (κ2) is 11.8. The molecule has 0 amide bonds. The first-order valence-corrected chi connectivity index (χ1v) is 15.6. The van der Waals surface area contributed by atoms with Crippen molar-refractivity contribution in [3.8, 4) is 5.88 Å². The second-order valence-corrected chi connectivity index (χ2v) is 15.6. The van der Waals surface area contributed by atoms with E-state index in [0.29, 0.717) is 6.61 Å². The average Bonchev–Trinajstić information content (AvgIpc) is 3.14. The molecule has 0 saturated carbocycles. The zero-order valence-electron chi connectivity index (χ0n) is 20.2. The molecule has 0 spiro atoms. The van der Waals surface area contributed by atoms with Gasteiger partial charge in [-0.2, -0.15) is 23.1 Å². The molecule has 0 aliphatic rings. The van der Waals surface area contributed by atoms with Gasteiger partial charge in [-0.3, -0.25) is 10.1 Å². The highest BCUT2D eigenvalue weighted by molar-refractivity contribution is 6.76. The lowest BCUT2D eigenvalue weighted by Gasteiger charge is -2.15. The lowest BCUT2D eigenvalue weighted by molar-refractivity contribution is -0.386. The minimum absolute atomic E-state index is 0.0159. The number of pyridine rings is 1. The molecule has 0 aliphatic heterocycles.